The normalized spacial score (nSPS) is 12.2. The van der Waals surface area contributed by atoms with Gasteiger partial charge in [-0.1, -0.05) is 6.07 Å². The van der Waals surface area contributed by atoms with Crippen LogP contribution in [0.5, 0.6) is 5.75 Å². The van der Waals surface area contributed by atoms with Gasteiger partial charge in [-0.15, -0.1) is 0 Å². The first-order valence-corrected chi connectivity index (χ1v) is 4.98. The van der Waals surface area contributed by atoms with Crippen LogP contribution in [0.25, 0.3) is 0 Å². The number of methoxy groups -OCH3 is 2. The van der Waals surface area contributed by atoms with Crippen LogP contribution < -0.4 is 4.74 Å². The first-order chi connectivity index (χ1) is 7.60. The Bertz CT molecular complexity index is 373. The molecule has 0 bridgehead atoms. The maximum Gasteiger partial charge on any atom is 0.310 e. The van der Waals surface area contributed by atoms with Gasteiger partial charge in [0.15, 0.2) is 0 Å². The summed E-state index contributed by atoms with van der Waals surface area (Å²) in [6, 6.07) is 5.33. The number of rotatable bonds is 5. The van der Waals surface area contributed by atoms with E-state index in [2.05, 4.69) is 0 Å². The van der Waals surface area contributed by atoms with Crippen LogP contribution in [0, 0.1) is 0 Å². The summed E-state index contributed by atoms with van der Waals surface area (Å²) in [5.74, 6) is -0.688. The molecule has 0 aliphatic rings. The van der Waals surface area contributed by atoms with Crippen LogP contribution in [-0.2, 0) is 16.1 Å². The number of ether oxygens (including phenoxy) is 2. The van der Waals surface area contributed by atoms with E-state index in [1.165, 1.54) is 0 Å². The Morgan fingerprint density at radius 2 is 2.12 bits per heavy atom. The molecule has 0 aliphatic heterocycles. The van der Waals surface area contributed by atoms with E-state index in [1.54, 1.807) is 39.3 Å². The standard InChI is InChI=1S/C12H16O4/c1-8(12(13)14)11-5-4-10(16-3)6-9(11)7-15-2/h4-6,8H,7H2,1-3H3,(H,13,14). The van der Waals surface area contributed by atoms with Crippen LogP contribution >= 0.6 is 0 Å². The van der Waals surface area contributed by atoms with Gasteiger partial charge in [0.05, 0.1) is 19.6 Å². The second-order valence-corrected chi connectivity index (χ2v) is 3.56. The van der Waals surface area contributed by atoms with Crippen molar-refractivity contribution in [2.75, 3.05) is 14.2 Å². The van der Waals surface area contributed by atoms with Gasteiger partial charge in [-0.05, 0) is 30.2 Å². The minimum Gasteiger partial charge on any atom is -0.497 e. The molecule has 1 rings (SSSR count). The zero-order chi connectivity index (χ0) is 12.1. The van der Waals surface area contributed by atoms with E-state index < -0.39 is 11.9 Å². The number of hydrogen-bond acceptors (Lipinski definition) is 3. The minimum atomic E-state index is -0.845. The quantitative estimate of drug-likeness (QED) is 0.831. The first kappa shape index (κ1) is 12.5. The summed E-state index contributed by atoms with van der Waals surface area (Å²) >= 11 is 0. The highest BCUT2D eigenvalue weighted by molar-refractivity contribution is 5.76. The van der Waals surface area contributed by atoms with Crippen LogP contribution in [0.4, 0.5) is 0 Å². The second kappa shape index (κ2) is 5.51. The molecule has 4 heteroatoms. The Hall–Kier alpha value is -1.55. The number of aliphatic carboxylic acids is 1. The van der Waals surface area contributed by atoms with Gasteiger partial charge >= 0.3 is 5.97 Å². The molecular weight excluding hydrogens is 208 g/mol. The fraction of sp³-hybridized carbons (Fsp3) is 0.417. The Morgan fingerprint density at radius 1 is 1.44 bits per heavy atom. The topological polar surface area (TPSA) is 55.8 Å². The van der Waals surface area contributed by atoms with Crippen LogP contribution in [-0.4, -0.2) is 25.3 Å². The zero-order valence-electron chi connectivity index (χ0n) is 9.69. The van der Waals surface area contributed by atoms with Crippen molar-refractivity contribution in [1.82, 2.24) is 0 Å². The van der Waals surface area contributed by atoms with Gasteiger partial charge in [-0.25, -0.2) is 0 Å². The van der Waals surface area contributed by atoms with E-state index in [0.717, 1.165) is 11.1 Å². The molecule has 0 aromatic heterocycles. The monoisotopic (exact) mass is 224 g/mol. The van der Waals surface area contributed by atoms with Gasteiger partial charge in [0, 0.05) is 7.11 Å². The fourth-order valence-electron chi connectivity index (χ4n) is 1.55. The van der Waals surface area contributed by atoms with E-state index in [1.807, 2.05) is 0 Å². The van der Waals surface area contributed by atoms with Crippen molar-refractivity contribution >= 4 is 5.97 Å². The maximum absolute atomic E-state index is 10.9. The summed E-state index contributed by atoms with van der Waals surface area (Å²) in [6.45, 7) is 2.04. The van der Waals surface area contributed by atoms with E-state index >= 15 is 0 Å². The second-order valence-electron chi connectivity index (χ2n) is 3.56. The molecule has 1 unspecified atom stereocenters. The van der Waals surface area contributed by atoms with Gasteiger partial charge in [-0.3, -0.25) is 4.79 Å². The smallest absolute Gasteiger partial charge is 0.310 e. The third-order valence-electron chi connectivity index (χ3n) is 2.49. The van der Waals surface area contributed by atoms with E-state index in [4.69, 9.17) is 14.6 Å². The predicted molar refractivity (Wildman–Crippen MR) is 59.8 cm³/mol. The highest BCUT2D eigenvalue weighted by atomic mass is 16.5. The lowest BCUT2D eigenvalue weighted by Gasteiger charge is -2.13. The molecule has 88 valence electrons. The zero-order valence-corrected chi connectivity index (χ0v) is 9.69. The number of carbonyl (C=O) groups is 1. The molecule has 16 heavy (non-hydrogen) atoms. The molecule has 0 amide bonds. The van der Waals surface area contributed by atoms with Crippen molar-refractivity contribution in [1.29, 1.82) is 0 Å². The number of carboxylic acid groups (broad SMARTS) is 1. The number of benzene rings is 1. The molecule has 1 aromatic carbocycles. The van der Waals surface area contributed by atoms with Gasteiger partial charge in [-0.2, -0.15) is 0 Å². The lowest BCUT2D eigenvalue weighted by Crippen LogP contribution is -2.10. The molecule has 0 saturated carbocycles. The average Bonchev–Trinajstić information content (AvgIpc) is 2.28. The Kier molecular flexibility index (Phi) is 4.31. The van der Waals surface area contributed by atoms with Crippen molar-refractivity contribution in [2.24, 2.45) is 0 Å². The van der Waals surface area contributed by atoms with Crippen molar-refractivity contribution in [3.05, 3.63) is 29.3 Å². The molecular formula is C12H16O4. The molecule has 4 nitrogen and oxygen atoms in total. The number of carboxylic acids is 1. The van der Waals surface area contributed by atoms with Crippen LogP contribution in [0.2, 0.25) is 0 Å². The molecule has 0 heterocycles. The highest BCUT2D eigenvalue weighted by Crippen LogP contribution is 2.25. The van der Waals surface area contributed by atoms with E-state index in [9.17, 15) is 4.79 Å². The van der Waals surface area contributed by atoms with E-state index in [0.29, 0.717) is 12.4 Å². The van der Waals surface area contributed by atoms with Crippen LogP contribution in [0.1, 0.15) is 24.0 Å². The van der Waals surface area contributed by atoms with Crippen molar-refractivity contribution in [2.45, 2.75) is 19.4 Å². The lowest BCUT2D eigenvalue weighted by atomic mass is 9.96. The van der Waals surface area contributed by atoms with Gasteiger partial charge in [0.1, 0.15) is 5.75 Å². The summed E-state index contributed by atoms with van der Waals surface area (Å²) in [4.78, 5) is 10.9. The fourth-order valence-corrected chi connectivity index (χ4v) is 1.55. The molecule has 0 aliphatic carbocycles. The Balaban J connectivity index is 3.11. The largest absolute Gasteiger partial charge is 0.497 e. The predicted octanol–water partition coefficient (Wildman–Crippen LogP) is 2.03. The maximum atomic E-state index is 10.9. The van der Waals surface area contributed by atoms with Crippen molar-refractivity contribution in [3.8, 4) is 5.75 Å². The lowest BCUT2D eigenvalue weighted by molar-refractivity contribution is -0.138. The summed E-state index contributed by atoms with van der Waals surface area (Å²) in [7, 11) is 3.15. The van der Waals surface area contributed by atoms with Gasteiger partial charge in [0.2, 0.25) is 0 Å². The molecule has 0 saturated heterocycles. The van der Waals surface area contributed by atoms with Gasteiger partial charge < -0.3 is 14.6 Å². The third kappa shape index (κ3) is 2.73. The highest BCUT2D eigenvalue weighted by Gasteiger charge is 2.17. The van der Waals surface area contributed by atoms with Gasteiger partial charge in [0.25, 0.3) is 0 Å². The SMILES string of the molecule is COCc1cc(OC)ccc1C(C)C(=O)O. The minimum absolute atomic E-state index is 0.379. The molecule has 0 radical (unpaired) electrons. The summed E-state index contributed by atoms with van der Waals surface area (Å²) in [5, 5.41) is 8.98. The number of hydrogen-bond donors (Lipinski definition) is 1. The third-order valence-corrected chi connectivity index (χ3v) is 2.49. The summed E-state index contributed by atoms with van der Waals surface area (Å²) in [5.41, 5.74) is 1.60. The van der Waals surface area contributed by atoms with Crippen molar-refractivity contribution < 1.29 is 19.4 Å². The van der Waals surface area contributed by atoms with Crippen LogP contribution in [0.15, 0.2) is 18.2 Å². The van der Waals surface area contributed by atoms with Crippen LogP contribution in [0.3, 0.4) is 0 Å². The molecule has 0 fully saturated rings. The van der Waals surface area contributed by atoms with E-state index in [-0.39, 0.29) is 0 Å². The summed E-state index contributed by atoms with van der Waals surface area (Å²) < 4.78 is 10.1. The molecule has 1 atom stereocenters. The summed E-state index contributed by atoms with van der Waals surface area (Å²) in [6.07, 6.45) is 0. The molecule has 0 spiro atoms. The molecule has 1 aromatic rings. The average molecular weight is 224 g/mol. The Labute approximate surface area is 94.8 Å². The molecule has 1 N–H and O–H groups in total. The first-order valence-electron chi connectivity index (χ1n) is 4.98. The Morgan fingerprint density at radius 3 is 2.62 bits per heavy atom. The van der Waals surface area contributed by atoms with Crippen molar-refractivity contribution in [3.63, 3.8) is 0 Å².